The lowest BCUT2D eigenvalue weighted by molar-refractivity contribution is -0.139. The molecule has 0 fully saturated rings. The highest BCUT2D eigenvalue weighted by molar-refractivity contribution is 7.98. The predicted octanol–water partition coefficient (Wildman–Crippen LogP) is -0.179. The van der Waals surface area contributed by atoms with Crippen molar-refractivity contribution in [2.75, 3.05) is 12.0 Å². The van der Waals surface area contributed by atoms with Crippen LogP contribution in [0.5, 0.6) is 0 Å². The number of hydrogen-bond donors (Lipinski definition) is 3. The smallest absolute Gasteiger partial charge is 0.326 e. The number of nitrogens with one attached hydrogen (secondary N) is 2. The number of rotatable bonds is 7. The van der Waals surface area contributed by atoms with Crippen molar-refractivity contribution in [1.29, 1.82) is 0 Å². The average molecular weight is 287 g/mol. The molecule has 1 aromatic heterocycles. The van der Waals surface area contributed by atoms with Crippen LogP contribution in [0.1, 0.15) is 12.2 Å². The summed E-state index contributed by atoms with van der Waals surface area (Å²) in [5.74, 6) is 0.217. The molecule has 0 spiro atoms. The molecule has 3 N–H and O–H groups in total. The maximum Gasteiger partial charge on any atom is 0.326 e. The van der Waals surface area contributed by atoms with Crippen LogP contribution in [0, 0.1) is 0 Å². The van der Waals surface area contributed by atoms with Gasteiger partial charge in [-0.3, -0.25) is 0 Å². The van der Waals surface area contributed by atoms with Crippen molar-refractivity contribution in [2.24, 2.45) is 7.05 Å². The highest BCUT2D eigenvalue weighted by Gasteiger charge is 2.19. The molecule has 1 heterocycles. The van der Waals surface area contributed by atoms with Crippen LogP contribution in [0.2, 0.25) is 0 Å². The van der Waals surface area contributed by atoms with Crippen LogP contribution in [0.25, 0.3) is 0 Å². The van der Waals surface area contributed by atoms with E-state index < -0.39 is 18.0 Å². The molecule has 0 saturated carbocycles. The number of urea groups is 1. The van der Waals surface area contributed by atoms with Crippen molar-refractivity contribution >= 4 is 23.8 Å². The summed E-state index contributed by atoms with van der Waals surface area (Å²) in [5.41, 5.74) is 0. The van der Waals surface area contributed by atoms with Crippen LogP contribution in [-0.4, -0.2) is 49.9 Å². The van der Waals surface area contributed by atoms with Crippen molar-refractivity contribution in [2.45, 2.75) is 19.0 Å². The third-order valence-electron chi connectivity index (χ3n) is 2.43. The first kappa shape index (κ1) is 15.3. The van der Waals surface area contributed by atoms with E-state index in [-0.39, 0.29) is 6.54 Å². The van der Waals surface area contributed by atoms with Gasteiger partial charge in [0.15, 0.2) is 5.82 Å². The second-order valence-corrected chi connectivity index (χ2v) is 4.84. The van der Waals surface area contributed by atoms with Gasteiger partial charge in [-0.1, -0.05) is 0 Å². The van der Waals surface area contributed by atoms with E-state index in [1.807, 2.05) is 6.26 Å². The molecule has 8 nitrogen and oxygen atoms in total. The SMILES string of the molecule is CSCC[C@H](NC(=O)NCc1nncn1C)C(=O)O. The number of amides is 2. The number of thioether (sulfide) groups is 1. The maximum absolute atomic E-state index is 11.6. The van der Waals surface area contributed by atoms with Crippen LogP contribution < -0.4 is 10.6 Å². The fourth-order valence-electron chi connectivity index (χ4n) is 1.33. The van der Waals surface area contributed by atoms with E-state index in [0.29, 0.717) is 18.0 Å². The lowest BCUT2D eigenvalue weighted by Gasteiger charge is -2.14. The van der Waals surface area contributed by atoms with Gasteiger partial charge in [0.25, 0.3) is 0 Å². The van der Waals surface area contributed by atoms with Gasteiger partial charge in [-0.25, -0.2) is 9.59 Å². The van der Waals surface area contributed by atoms with Crippen LogP contribution in [0.15, 0.2) is 6.33 Å². The summed E-state index contributed by atoms with van der Waals surface area (Å²) in [4.78, 5) is 22.5. The molecule has 0 aliphatic heterocycles. The van der Waals surface area contributed by atoms with E-state index in [4.69, 9.17) is 5.11 Å². The molecule has 0 radical (unpaired) electrons. The standard InChI is InChI=1S/C10H17N5O3S/c1-15-6-12-14-8(15)5-11-10(18)13-7(9(16)17)3-4-19-2/h6-7H,3-5H2,1-2H3,(H,16,17)(H2,11,13,18)/t7-/m0/s1. The number of carbonyl (C=O) groups is 2. The van der Waals surface area contributed by atoms with E-state index in [0.717, 1.165) is 0 Å². The van der Waals surface area contributed by atoms with E-state index in [1.165, 1.54) is 18.1 Å². The van der Waals surface area contributed by atoms with E-state index in [9.17, 15) is 9.59 Å². The molecule has 0 aliphatic rings. The number of aryl methyl sites for hydroxylation is 1. The summed E-state index contributed by atoms with van der Waals surface area (Å²) in [6, 6.07) is -1.41. The number of aromatic nitrogens is 3. The Morgan fingerprint density at radius 3 is 2.84 bits per heavy atom. The largest absolute Gasteiger partial charge is 0.480 e. The summed E-state index contributed by atoms with van der Waals surface area (Å²) in [7, 11) is 1.76. The van der Waals surface area contributed by atoms with E-state index in [1.54, 1.807) is 11.6 Å². The lowest BCUT2D eigenvalue weighted by Crippen LogP contribution is -2.46. The summed E-state index contributed by atoms with van der Waals surface area (Å²) < 4.78 is 1.67. The maximum atomic E-state index is 11.6. The fourth-order valence-corrected chi connectivity index (χ4v) is 1.80. The first-order valence-electron chi connectivity index (χ1n) is 5.63. The molecule has 1 aromatic rings. The molecular weight excluding hydrogens is 270 g/mol. The monoisotopic (exact) mass is 287 g/mol. The van der Waals surface area contributed by atoms with Crippen molar-refractivity contribution in [3.05, 3.63) is 12.2 Å². The minimum absolute atomic E-state index is 0.192. The lowest BCUT2D eigenvalue weighted by atomic mass is 10.2. The van der Waals surface area contributed by atoms with Crippen molar-refractivity contribution in [1.82, 2.24) is 25.4 Å². The molecule has 9 heteroatoms. The number of carboxylic acids is 1. The summed E-state index contributed by atoms with van der Waals surface area (Å²) in [6.45, 7) is 0.192. The first-order chi connectivity index (χ1) is 9.04. The van der Waals surface area contributed by atoms with Gasteiger partial charge in [-0.05, 0) is 18.4 Å². The third-order valence-corrected chi connectivity index (χ3v) is 3.07. The molecular formula is C10H17N5O3S. The van der Waals surface area contributed by atoms with Crippen LogP contribution in [0.3, 0.4) is 0 Å². The molecule has 19 heavy (non-hydrogen) atoms. The zero-order valence-electron chi connectivity index (χ0n) is 10.8. The van der Waals surface area contributed by atoms with Gasteiger partial charge in [0.05, 0.1) is 6.54 Å². The molecule has 2 amide bonds. The van der Waals surface area contributed by atoms with Gasteiger partial charge >= 0.3 is 12.0 Å². The molecule has 0 aliphatic carbocycles. The Labute approximate surface area is 115 Å². The summed E-state index contributed by atoms with van der Waals surface area (Å²) in [5, 5.41) is 21.4. The Balaban J connectivity index is 2.40. The Morgan fingerprint density at radius 1 is 1.58 bits per heavy atom. The van der Waals surface area contributed by atoms with E-state index in [2.05, 4.69) is 20.8 Å². The molecule has 1 rings (SSSR count). The predicted molar refractivity (Wildman–Crippen MR) is 70.8 cm³/mol. The van der Waals surface area contributed by atoms with Crippen LogP contribution in [-0.2, 0) is 18.4 Å². The van der Waals surface area contributed by atoms with Crippen molar-refractivity contribution in [3.8, 4) is 0 Å². The Bertz CT molecular complexity index is 437. The van der Waals surface area contributed by atoms with Crippen molar-refractivity contribution < 1.29 is 14.7 Å². The number of nitrogens with zero attached hydrogens (tertiary/aromatic N) is 3. The van der Waals surface area contributed by atoms with Crippen molar-refractivity contribution in [3.63, 3.8) is 0 Å². The zero-order chi connectivity index (χ0) is 14.3. The molecule has 0 bridgehead atoms. The number of hydrogen-bond acceptors (Lipinski definition) is 5. The summed E-state index contributed by atoms with van der Waals surface area (Å²) >= 11 is 1.53. The van der Waals surface area contributed by atoms with Crippen LogP contribution in [0.4, 0.5) is 4.79 Å². The minimum Gasteiger partial charge on any atom is -0.480 e. The third kappa shape index (κ3) is 5.16. The van der Waals surface area contributed by atoms with Gasteiger partial charge in [0, 0.05) is 7.05 Å². The average Bonchev–Trinajstić information content (AvgIpc) is 2.77. The second kappa shape index (κ2) is 7.62. The fraction of sp³-hybridized carbons (Fsp3) is 0.600. The topological polar surface area (TPSA) is 109 Å². The molecule has 0 unspecified atom stereocenters. The van der Waals surface area contributed by atoms with Gasteiger partial charge in [-0.15, -0.1) is 10.2 Å². The Morgan fingerprint density at radius 2 is 2.32 bits per heavy atom. The van der Waals surface area contributed by atoms with Gasteiger partial charge in [0.1, 0.15) is 12.4 Å². The van der Waals surface area contributed by atoms with Gasteiger partial charge in [0.2, 0.25) is 0 Å². The quantitative estimate of drug-likeness (QED) is 0.642. The minimum atomic E-state index is -1.04. The highest BCUT2D eigenvalue weighted by atomic mass is 32.2. The number of carboxylic acid groups (broad SMARTS) is 1. The molecule has 1 atom stereocenters. The normalized spacial score (nSPS) is 11.9. The van der Waals surface area contributed by atoms with Gasteiger partial charge in [-0.2, -0.15) is 11.8 Å². The number of aliphatic carboxylic acids is 1. The molecule has 106 valence electrons. The van der Waals surface area contributed by atoms with E-state index >= 15 is 0 Å². The van der Waals surface area contributed by atoms with Crippen LogP contribution >= 0.6 is 11.8 Å². The number of carbonyl (C=O) groups excluding carboxylic acids is 1. The summed E-state index contributed by atoms with van der Waals surface area (Å²) in [6.07, 6.45) is 3.79. The molecule has 0 saturated heterocycles. The zero-order valence-corrected chi connectivity index (χ0v) is 11.6. The highest BCUT2D eigenvalue weighted by Crippen LogP contribution is 2.01. The second-order valence-electron chi connectivity index (χ2n) is 3.86. The Hall–Kier alpha value is -1.77. The molecule has 0 aromatic carbocycles. The first-order valence-corrected chi connectivity index (χ1v) is 7.03. The Kier molecular flexibility index (Phi) is 6.13. The van der Waals surface area contributed by atoms with Gasteiger partial charge < -0.3 is 20.3 Å².